The van der Waals surface area contributed by atoms with Gasteiger partial charge in [0.15, 0.2) is 0 Å². The Labute approximate surface area is 167 Å². The molecular formula is C17H30ClN3O3S2. The molecule has 1 saturated heterocycles. The van der Waals surface area contributed by atoms with E-state index in [1.54, 1.807) is 17.3 Å². The lowest BCUT2D eigenvalue weighted by molar-refractivity contribution is -0.126. The fourth-order valence-electron chi connectivity index (χ4n) is 3.00. The Morgan fingerprint density at radius 2 is 1.96 bits per heavy atom. The van der Waals surface area contributed by atoms with Crippen molar-refractivity contribution in [2.24, 2.45) is 5.73 Å². The van der Waals surface area contributed by atoms with Gasteiger partial charge in [-0.2, -0.15) is 4.31 Å². The molecule has 9 heteroatoms. The Bertz CT molecular complexity index is 683. The van der Waals surface area contributed by atoms with Gasteiger partial charge in [0.2, 0.25) is 5.91 Å². The summed E-state index contributed by atoms with van der Waals surface area (Å²) < 4.78 is 27.2. The van der Waals surface area contributed by atoms with E-state index in [0.717, 1.165) is 30.6 Å². The molecule has 0 saturated carbocycles. The van der Waals surface area contributed by atoms with E-state index in [-0.39, 0.29) is 18.3 Å². The zero-order chi connectivity index (χ0) is 18.5. The molecule has 0 bridgehead atoms. The van der Waals surface area contributed by atoms with Gasteiger partial charge in [0.1, 0.15) is 4.21 Å². The Kier molecular flexibility index (Phi) is 9.02. The quantitative estimate of drug-likeness (QED) is 0.671. The molecule has 1 aromatic rings. The summed E-state index contributed by atoms with van der Waals surface area (Å²) in [5.74, 6) is -0.160. The van der Waals surface area contributed by atoms with Gasteiger partial charge in [-0.3, -0.25) is 4.79 Å². The number of nitrogens with zero attached hydrogens (tertiary/aromatic N) is 1. The van der Waals surface area contributed by atoms with Crippen LogP contribution in [0.1, 0.15) is 50.8 Å². The molecule has 6 nitrogen and oxygen atoms in total. The van der Waals surface area contributed by atoms with Gasteiger partial charge in [0.25, 0.3) is 10.0 Å². The Morgan fingerprint density at radius 3 is 2.58 bits per heavy atom. The average molecular weight is 424 g/mol. The molecule has 1 aliphatic heterocycles. The van der Waals surface area contributed by atoms with Crippen LogP contribution in [0, 0.1) is 0 Å². The summed E-state index contributed by atoms with van der Waals surface area (Å²) in [6.07, 6.45) is 5.05. The molecule has 26 heavy (non-hydrogen) atoms. The second-order valence-corrected chi connectivity index (χ2v) is 10.2. The van der Waals surface area contributed by atoms with Crippen molar-refractivity contribution < 1.29 is 13.2 Å². The zero-order valence-corrected chi connectivity index (χ0v) is 17.9. The molecule has 1 unspecified atom stereocenters. The van der Waals surface area contributed by atoms with Gasteiger partial charge in [0.05, 0.1) is 5.54 Å². The number of halogens is 1. The molecule has 2 heterocycles. The summed E-state index contributed by atoms with van der Waals surface area (Å²) in [5, 5.41) is 2.85. The third-order valence-electron chi connectivity index (χ3n) is 4.49. The van der Waals surface area contributed by atoms with E-state index in [1.807, 2.05) is 13.0 Å². The number of amides is 1. The Morgan fingerprint density at radius 1 is 1.31 bits per heavy atom. The molecule has 3 N–H and O–H groups in total. The van der Waals surface area contributed by atoms with E-state index in [1.165, 1.54) is 11.3 Å². The predicted molar refractivity (Wildman–Crippen MR) is 108 cm³/mol. The molecule has 0 aliphatic carbocycles. The minimum Gasteiger partial charge on any atom is -0.354 e. The molecule has 1 amide bonds. The molecule has 150 valence electrons. The highest BCUT2D eigenvalue weighted by Gasteiger charge is 2.28. The summed E-state index contributed by atoms with van der Waals surface area (Å²) in [4.78, 5) is 13.0. The van der Waals surface area contributed by atoms with Crippen LogP contribution in [-0.2, 0) is 21.2 Å². The summed E-state index contributed by atoms with van der Waals surface area (Å²) in [6.45, 7) is 5.41. The standard InChI is InChI=1S/C17H29N3O3S2.ClH/c1-3-10-17(2,18)16(21)19-11-9-14-7-8-15(24-14)25(22,23)20-12-5-4-6-13-20;/h7-8H,3-6,9-13,18H2,1-2H3,(H,19,21);1H. The van der Waals surface area contributed by atoms with Crippen molar-refractivity contribution in [1.82, 2.24) is 9.62 Å². The van der Waals surface area contributed by atoms with E-state index in [0.29, 0.717) is 36.7 Å². The summed E-state index contributed by atoms with van der Waals surface area (Å²) in [5.41, 5.74) is 5.15. The molecule has 1 atom stereocenters. The third-order valence-corrected chi connectivity index (χ3v) is 8.00. The maximum Gasteiger partial charge on any atom is 0.252 e. The fourth-order valence-corrected chi connectivity index (χ4v) is 6.02. The number of sulfonamides is 1. The number of hydrogen-bond acceptors (Lipinski definition) is 5. The van der Waals surface area contributed by atoms with Gasteiger partial charge in [-0.05, 0) is 44.7 Å². The van der Waals surface area contributed by atoms with Crippen molar-refractivity contribution in [2.75, 3.05) is 19.6 Å². The van der Waals surface area contributed by atoms with E-state index >= 15 is 0 Å². The first-order valence-corrected chi connectivity index (χ1v) is 11.2. The summed E-state index contributed by atoms with van der Waals surface area (Å²) in [7, 11) is -3.37. The van der Waals surface area contributed by atoms with E-state index in [9.17, 15) is 13.2 Å². The van der Waals surface area contributed by atoms with E-state index in [2.05, 4.69) is 5.32 Å². The first-order valence-electron chi connectivity index (χ1n) is 8.93. The van der Waals surface area contributed by atoms with Crippen LogP contribution < -0.4 is 11.1 Å². The van der Waals surface area contributed by atoms with E-state index < -0.39 is 15.6 Å². The van der Waals surface area contributed by atoms with Gasteiger partial charge in [-0.25, -0.2) is 8.42 Å². The predicted octanol–water partition coefficient (Wildman–Crippen LogP) is 2.52. The molecule has 1 aromatic heterocycles. The molecule has 1 fully saturated rings. The van der Waals surface area contributed by atoms with Gasteiger partial charge < -0.3 is 11.1 Å². The van der Waals surface area contributed by atoms with Crippen molar-refractivity contribution in [3.8, 4) is 0 Å². The lowest BCUT2D eigenvalue weighted by Gasteiger charge is -2.25. The Hall–Kier alpha value is -0.670. The van der Waals surface area contributed by atoms with Crippen molar-refractivity contribution in [3.05, 3.63) is 17.0 Å². The topological polar surface area (TPSA) is 92.5 Å². The van der Waals surface area contributed by atoms with Gasteiger partial charge >= 0.3 is 0 Å². The highest BCUT2D eigenvalue weighted by atomic mass is 35.5. The lowest BCUT2D eigenvalue weighted by Crippen LogP contribution is -2.51. The fraction of sp³-hybridized carbons (Fsp3) is 0.706. The van der Waals surface area contributed by atoms with Crippen LogP contribution >= 0.6 is 23.7 Å². The molecule has 2 rings (SSSR count). The number of rotatable bonds is 8. The van der Waals surface area contributed by atoms with Crippen molar-refractivity contribution in [3.63, 3.8) is 0 Å². The van der Waals surface area contributed by atoms with Crippen molar-refractivity contribution in [1.29, 1.82) is 0 Å². The highest BCUT2D eigenvalue weighted by Crippen LogP contribution is 2.27. The largest absolute Gasteiger partial charge is 0.354 e. The van der Waals surface area contributed by atoms with Gasteiger partial charge in [-0.15, -0.1) is 23.7 Å². The third kappa shape index (κ3) is 5.92. The normalized spacial score (nSPS) is 18.0. The maximum absolute atomic E-state index is 12.6. The molecule has 0 radical (unpaired) electrons. The van der Waals surface area contributed by atoms with Crippen LogP contribution in [0.4, 0.5) is 0 Å². The zero-order valence-electron chi connectivity index (χ0n) is 15.5. The number of carbonyl (C=O) groups excluding carboxylic acids is 1. The second-order valence-electron chi connectivity index (χ2n) is 6.86. The minimum atomic E-state index is -3.37. The highest BCUT2D eigenvalue weighted by molar-refractivity contribution is 7.91. The van der Waals surface area contributed by atoms with Gasteiger partial charge in [-0.1, -0.05) is 19.8 Å². The lowest BCUT2D eigenvalue weighted by atomic mass is 9.96. The van der Waals surface area contributed by atoms with Crippen molar-refractivity contribution >= 4 is 39.7 Å². The van der Waals surface area contributed by atoms with Crippen LogP contribution in [-0.4, -0.2) is 43.8 Å². The van der Waals surface area contributed by atoms with Gasteiger partial charge in [0, 0.05) is 24.5 Å². The SMILES string of the molecule is CCCC(C)(N)C(=O)NCCc1ccc(S(=O)(=O)N2CCCCC2)s1.Cl. The number of nitrogens with one attached hydrogen (secondary N) is 1. The monoisotopic (exact) mass is 423 g/mol. The maximum atomic E-state index is 12.6. The second kappa shape index (κ2) is 10.0. The van der Waals surface area contributed by atoms with Crippen LogP contribution in [0.3, 0.4) is 0 Å². The number of piperidine rings is 1. The van der Waals surface area contributed by atoms with Crippen LogP contribution in [0.2, 0.25) is 0 Å². The first-order chi connectivity index (χ1) is 11.8. The molecule has 0 spiro atoms. The first kappa shape index (κ1) is 23.4. The van der Waals surface area contributed by atoms with E-state index in [4.69, 9.17) is 5.73 Å². The summed E-state index contributed by atoms with van der Waals surface area (Å²) >= 11 is 1.29. The molecule has 1 aliphatic rings. The molecule has 0 aromatic carbocycles. The number of hydrogen-bond donors (Lipinski definition) is 2. The van der Waals surface area contributed by atoms with Crippen LogP contribution in [0.25, 0.3) is 0 Å². The van der Waals surface area contributed by atoms with Crippen LogP contribution in [0.15, 0.2) is 16.3 Å². The minimum absolute atomic E-state index is 0. The Balaban J connectivity index is 0.00000338. The van der Waals surface area contributed by atoms with Crippen LogP contribution in [0.5, 0.6) is 0 Å². The number of nitrogens with two attached hydrogens (primary N) is 1. The van der Waals surface area contributed by atoms with Crippen molar-refractivity contribution in [2.45, 2.75) is 62.1 Å². The average Bonchev–Trinajstić information content (AvgIpc) is 3.05. The number of carbonyl (C=O) groups is 1. The number of thiophene rings is 1. The summed E-state index contributed by atoms with van der Waals surface area (Å²) in [6, 6.07) is 3.51. The smallest absolute Gasteiger partial charge is 0.252 e. The molecular weight excluding hydrogens is 394 g/mol.